The summed E-state index contributed by atoms with van der Waals surface area (Å²) in [5.41, 5.74) is 0. The highest BCUT2D eigenvalue weighted by atomic mass is 16.2. The Balaban J connectivity index is 1.73. The number of hydrogen-bond donors (Lipinski definition) is 2. The van der Waals surface area contributed by atoms with Crippen molar-refractivity contribution in [2.45, 2.75) is 64.1 Å². The molecule has 0 aromatic rings. The van der Waals surface area contributed by atoms with Gasteiger partial charge in [0.1, 0.15) is 0 Å². The average Bonchev–Trinajstić information content (AvgIpc) is 3.04. The molecular weight excluding hydrogens is 188 g/mol. The van der Waals surface area contributed by atoms with Gasteiger partial charge < -0.3 is 10.6 Å². The van der Waals surface area contributed by atoms with Crippen molar-refractivity contribution in [1.29, 1.82) is 0 Å². The van der Waals surface area contributed by atoms with Gasteiger partial charge in [0.05, 0.1) is 6.04 Å². The van der Waals surface area contributed by atoms with Crippen LogP contribution < -0.4 is 10.6 Å². The van der Waals surface area contributed by atoms with Crippen LogP contribution in [0.15, 0.2) is 0 Å². The highest BCUT2D eigenvalue weighted by molar-refractivity contribution is 5.81. The van der Waals surface area contributed by atoms with Crippen LogP contribution in [0.3, 0.4) is 0 Å². The first-order valence-corrected chi connectivity index (χ1v) is 6.27. The Kier molecular flexibility index (Phi) is 3.29. The van der Waals surface area contributed by atoms with E-state index in [9.17, 15) is 4.79 Å². The number of amides is 1. The lowest BCUT2D eigenvalue weighted by Gasteiger charge is -2.21. The Bertz CT molecular complexity index is 234. The normalized spacial score (nSPS) is 24.7. The summed E-state index contributed by atoms with van der Waals surface area (Å²) in [6.45, 7) is 4.17. The minimum atomic E-state index is -0.0313. The molecule has 3 nitrogen and oxygen atoms in total. The van der Waals surface area contributed by atoms with Crippen LogP contribution in [0.25, 0.3) is 0 Å². The molecule has 2 aliphatic rings. The van der Waals surface area contributed by atoms with Crippen LogP contribution >= 0.6 is 0 Å². The maximum atomic E-state index is 11.7. The Morgan fingerprint density at radius 2 is 2.00 bits per heavy atom. The molecule has 2 N–H and O–H groups in total. The Morgan fingerprint density at radius 1 is 1.33 bits per heavy atom. The average molecular weight is 210 g/mol. The minimum Gasteiger partial charge on any atom is -0.352 e. The summed E-state index contributed by atoms with van der Waals surface area (Å²) in [7, 11) is 0. The highest BCUT2D eigenvalue weighted by Crippen LogP contribution is 2.34. The molecule has 1 amide bonds. The molecule has 0 radical (unpaired) electrons. The Morgan fingerprint density at radius 3 is 2.47 bits per heavy atom. The molecule has 2 saturated carbocycles. The second-order valence-electron chi connectivity index (χ2n) is 5.02. The third kappa shape index (κ3) is 3.20. The molecule has 0 aromatic carbocycles. The van der Waals surface area contributed by atoms with E-state index >= 15 is 0 Å². The minimum absolute atomic E-state index is 0.0313. The van der Waals surface area contributed by atoms with Crippen LogP contribution in [-0.2, 0) is 4.79 Å². The lowest BCUT2D eigenvalue weighted by atomic mass is 10.1. The summed E-state index contributed by atoms with van der Waals surface area (Å²) in [5.74, 6) is 1.00. The molecule has 0 aromatic heterocycles. The molecule has 2 aliphatic carbocycles. The fourth-order valence-corrected chi connectivity index (χ4v) is 2.04. The lowest BCUT2D eigenvalue weighted by molar-refractivity contribution is -0.123. The summed E-state index contributed by atoms with van der Waals surface area (Å²) in [6, 6.07) is 0.990. The van der Waals surface area contributed by atoms with Gasteiger partial charge in [-0.15, -0.1) is 0 Å². The summed E-state index contributed by atoms with van der Waals surface area (Å²) >= 11 is 0. The van der Waals surface area contributed by atoms with E-state index in [1.807, 2.05) is 6.92 Å². The molecule has 15 heavy (non-hydrogen) atoms. The molecule has 2 unspecified atom stereocenters. The van der Waals surface area contributed by atoms with Gasteiger partial charge in [-0.05, 0) is 44.9 Å². The molecule has 0 heterocycles. The molecule has 3 heteroatoms. The zero-order valence-electron chi connectivity index (χ0n) is 9.75. The summed E-state index contributed by atoms with van der Waals surface area (Å²) in [6.07, 6.45) is 6.13. The fourth-order valence-electron chi connectivity index (χ4n) is 2.04. The first-order valence-electron chi connectivity index (χ1n) is 6.27. The van der Waals surface area contributed by atoms with Crippen molar-refractivity contribution < 1.29 is 4.79 Å². The van der Waals surface area contributed by atoms with Crippen LogP contribution in [0.4, 0.5) is 0 Å². The predicted octanol–water partition coefficient (Wildman–Crippen LogP) is 1.43. The van der Waals surface area contributed by atoms with E-state index in [0.29, 0.717) is 12.1 Å². The summed E-state index contributed by atoms with van der Waals surface area (Å²) < 4.78 is 0. The van der Waals surface area contributed by atoms with Crippen LogP contribution in [0.2, 0.25) is 0 Å². The molecule has 86 valence electrons. The standard InChI is InChI=1S/C12H22N2O/c1-3-11(9-4-5-9)13-8(2)12(15)14-10-6-7-10/h8-11,13H,3-7H2,1-2H3,(H,14,15). The van der Waals surface area contributed by atoms with E-state index in [1.165, 1.54) is 12.8 Å². The maximum Gasteiger partial charge on any atom is 0.237 e. The third-order valence-electron chi connectivity index (χ3n) is 3.41. The zero-order chi connectivity index (χ0) is 10.8. The van der Waals surface area contributed by atoms with Gasteiger partial charge in [-0.3, -0.25) is 4.79 Å². The van der Waals surface area contributed by atoms with Crippen LogP contribution in [0, 0.1) is 5.92 Å². The molecule has 0 bridgehead atoms. The maximum absolute atomic E-state index is 11.7. The van der Waals surface area contributed by atoms with Crippen LogP contribution in [0.5, 0.6) is 0 Å². The molecule has 0 saturated heterocycles. The first kappa shape index (κ1) is 10.9. The van der Waals surface area contributed by atoms with Crippen molar-refractivity contribution in [2.75, 3.05) is 0 Å². The van der Waals surface area contributed by atoms with Crippen molar-refractivity contribution in [3.8, 4) is 0 Å². The van der Waals surface area contributed by atoms with Crippen molar-refractivity contribution in [3.63, 3.8) is 0 Å². The number of rotatable bonds is 6. The molecule has 0 spiro atoms. The molecule has 2 rings (SSSR count). The second kappa shape index (κ2) is 4.52. The van der Waals surface area contributed by atoms with Crippen molar-refractivity contribution in [3.05, 3.63) is 0 Å². The van der Waals surface area contributed by atoms with E-state index in [0.717, 1.165) is 25.2 Å². The van der Waals surface area contributed by atoms with E-state index in [4.69, 9.17) is 0 Å². The molecule has 0 aliphatic heterocycles. The van der Waals surface area contributed by atoms with Gasteiger partial charge in [0.25, 0.3) is 0 Å². The van der Waals surface area contributed by atoms with Crippen molar-refractivity contribution >= 4 is 5.91 Å². The number of hydrogen-bond acceptors (Lipinski definition) is 2. The third-order valence-corrected chi connectivity index (χ3v) is 3.41. The van der Waals surface area contributed by atoms with E-state index in [-0.39, 0.29) is 11.9 Å². The molecule has 2 fully saturated rings. The van der Waals surface area contributed by atoms with Gasteiger partial charge >= 0.3 is 0 Å². The number of carbonyl (C=O) groups is 1. The SMILES string of the molecule is CCC(NC(C)C(=O)NC1CC1)C1CC1. The summed E-state index contributed by atoms with van der Waals surface area (Å²) in [4.78, 5) is 11.7. The van der Waals surface area contributed by atoms with Crippen molar-refractivity contribution in [2.24, 2.45) is 5.92 Å². The topological polar surface area (TPSA) is 41.1 Å². The molecular formula is C12H22N2O. The zero-order valence-corrected chi connectivity index (χ0v) is 9.75. The van der Waals surface area contributed by atoms with E-state index < -0.39 is 0 Å². The van der Waals surface area contributed by atoms with Crippen molar-refractivity contribution in [1.82, 2.24) is 10.6 Å². The lowest BCUT2D eigenvalue weighted by Crippen LogP contribution is -2.47. The van der Waals surface area contributed by atoms with Gasteiger partial charge in [-0.1, -0.05) is 6.92 Å². The van der Waals surface area contributed by atoms with Gasteiger partial charge in [0, 0.05) is 12.1 Å². The quantitative estimate of drug-likeness (QED) is 0.696. The summed E-state index contributed by atoms with van der Waals surface area (Å²) in [5, 5.41) is 6.49. The fraction of sp³-hybridized carbons (Fsp3) is 0.917. The van der Waals surface area contributed by atoms with Gasteiger partial charge in [0.15, 0.2) is 0 Å². The van der Waals surface area contributed by atoms with Gasteiger partial charge in [-0.2, -0.15) is 0 Å². The number of carbonyl (C=O) groups excluding carboxylic acids is 1. The van der Waals surface area contributed by atoms with Crippen LogP contribution in [-0.4, -0.2) is 24.0 Å². The number of nitrogens with one attached hydrogen (secondary N) is 2. The van der Waals surface area contributed by atoms with E-state index in [1.54, 1.807) is 0 Å². The predicted molar refractivity (Wildman–Crippen MR) is 60.6 cm³/mol. The van der Waals surface area contributed by atoms with E-state index in [2.05, 4.69) is 17.6 Å². The second-order valence-corrected chi connectivity index (χ2v) is 5.02. The monoisotopic (exact) mass is 210 g/mol. The Hall–Kier alpha value is -0.570. The van der Waals surface area contributed by atoms with Gasteiger partial charge in [0.2, 0.25) is 5.91 Å². The Labute approximate surface area is 92.0 Å². The smallest absolute Gasteiger partial charge is 0.237 e. The van der Waals surface area contributed by atoms with Crippen LogP contribution in [0.1, 0.15) is 46.0 Å². The van der Waals surface area contributed by atoms with Gasteiger partial charge in [-0.25, -0.2) is 0 Å². The first-order chi connectivity index (χ1) is 7.20. The molecule has 2 atom stereocenters. The largest absolute Gasteiger partial charge is 0.352 e. The highest BCUT2D eigenvalue weighted by Gasteiger charge is 2.32.